The summed E-state index contributed by atoms with van der Waals surface area (Å²) >= 11 is -0.0874. The van der Waals surface area contributed by atoms with Gasteiger partial charge in [-0.05, 0) is 0 Å². The van der Waals surface area contributed by atoms with Crippen molar-refractivity contribution in [3.8, 4) is 5.75 Å². The molecule has 163 valence electrons. The molecule has 0 spiro atoms. The molecule has 4 rings (SSSR count). The first-order valence-corrected chi connectivity index (χ1v) is 12.9. The standard InChI is InChI=1S/C17H19N2.C10H12O.Ru/c1-14-7-3-5-9-16(14)18-11-12-19(13-18)17-10-6-4-8-15(17)2;1-8(2)11-10-7-5-4-6-9(10)3;/h3-10,13H,11-12H2,1-2H3;3-8H,1-2H3;. The number of hydrogen-bond donors (Lipinski definition) is 0. The normalized spacial score (nSPS) is 15.0. The molecular weight excluding hydrogens is 469 g/mol. The van der Waals surface area contributed by atoms with Crippen LogP contribution in [0.25, 0.3) is 0 Å². The quantitative estimate of drug-likeness (QED) is 0.408. The van der Waals surface area contributed by atoms with Gasteiger partial charge in [-0.15, -0.1) is 0 Å². The molecule has 0 aromatic heterocycles. The Morgan fingerprint density at radius 1 is 0.806 bits per heavy atom. The molecule has 3 aromatic rings. The van der Waals surface area contributed by atoms with Crippen LogP contribution in [0.4, 0.5) is 11.4 Å². The van der Waals surface area contributed by atoms with E-state index in [9.17, 15) is 0 Å². The zero-order valence-corrected chi connectivity index (χ0v) is 20.5. The number of para-hydroxylation sites is 3. The van der Waals surface area contributed by atoms with Crippen LogP contribution >= 0.6 is 0 Å². The molecule has 1 fully saturated rings. The van der Waals surface area contributed by atoms with Crippen LogP contribution < -0.4 is 14.5 Å². The van der Waals surface area contributed by atoms with Crippen molar-refractivity contribution in [1.82, 2.24) is 0 Å². The molecule has 1 aliphatic rings. The van der Waals surface area contributed by atoms with Crippen molar-refractivity contribution in [2.75, 3.05) is 22.9 Å². The van der Waals surface area contributed by atoms with E-state index in [0.717, 1.165) is 18.8 Å². The van der Waals surface area contributed by atoms with Gasteiger partial charge in [-0.3, -0.25) is 0 Å². The molecule has 1 heterocycles. The van der Waals surface area contributed by atoms with Crippen LogP contribution in [0.2, 0.25) is 0 Å². The molecular formula is C27H31N2ORu. The van der Waals surface area contributed by atoms with Gasteiger partial charge in [0.05, 0.1) is 0 Å². The first-order chi connectivity index (χ1) is 15.0. The Morgan fingerprint density at radius 3 is 1.87 bits per heavy atom. The van der Waals surface area contributed by atoms with Crippen molar-refractivity contribution >= 4 is 16.0 Å². The molecule has 0 saturated carbocycles. The number of benzene rings is 3. The summed E-state index contributed by atoms with van der Waals surface area (Å²) in [5.74, 6) is 0.981. The van der Waals surface area contributed by atoms with Crippen molar-refractivity contribution in [1.29, 1.82) is 0 Å². The fraction of sp³-hybridized carbons (Fsp3) is 0.296. The van der Waals surface area contributed by atoms with Crippen LogP contribution in [0, 0.1) is 13.8 Å². The van der Waals surface area contributed by atoms with Gasteiger partial charge in [-0.1, -0.05) is 0 Å². The van der Waals surface area contributed by atoms with Crippen molar-refractivity contribution < 1.29 is 21.4 Å². The van der Waals surface area contributed by atoms with E-state index in [1.165, 1.54) is 28.1 Å². The van der Waals surface area contributed by atoms with Crippen LogP contribution in [0.15, 0.2) is 72.8 Å². The molecule has 0 unspecified atom stereocenters. The summed E-state index contributed by atoms with van der Waals surface area (Å²) in [6.07, 6.45) is 0.170. The molecule has 3 aromatic carbocycles. The Hall–Kier alpha value is -2.45. The minimum absolute atomic E-state index is 0.0874. The molecule has 3 nitrogen and oxygen atoms in total. The third-order valence-electron chi connectivity index (χ3n) is 5.49. The summed E-state index contributed by atoms with van der Waals surface area (Å²) in [6, 6.07) is 25.9. The van der Waals surface area contributed by atoms with Gasteiger partial charge in [0.1, 0.15) is 0 Å². The number of aryl methyl sites for hydroxylation is 2. The average molecular weight is 501 g/mol. The maximum absolute atomic E-state index is 6.08. The molecule has 0 bridgehead atoms. The Labute approximate surface area is 193 Å². The Balaban J connectivity index is 1.73. The first kappa shape index (κ1) is 21.8. The number of anilines is 2. The van der Waals surface area contributed by atoms with E-state index in [0.29, 0.717) is 4.76 Å². The minimum atomic E-state index is -0.0874. The molecule has 0 radical (unpaired) electrons. The number of nitrogens with zero attached hydrogens (tertiary/aromatic N) is 2. The van der Waals surface area contributed by atoms with Gasteiger partial charge < -0.3 is 0 Å². The van der Waals surface area contributed by atoms with Gasteiger partial charge in [-0.2, -0.15) is 0 Å². The summed E-state index contributed by atoms with van der Waals surface area (Å²) in [4.78, 5) is 5.20. The van der Waals surface area contributed by atoms with E-state index < -0.39 is 0 Å². The van der Waals surface area contributed by atoms with Crippen LogP contribution in [-0.2, 0) is 16.7 Å². The van der Waals surface area contributed by atoms with Gasteiger partial charge >= 0.3 is 194 Å². The molecule has 4 heteroatoms. The van der Waals surface area contributed by atoms with Crippen LogP contribution in [-0.4, -0.2) is 28.6 Å². The second kappa shape index (κ2) is 9.79. The predicted molar refractivity (Wildman–Crippen MR) is 128 cm³/mol. The first-order valence-electron chi connectivity index (χ1n) is 10.9. The van der Waals surface area contributed by atoms with Gasteiger partial charge in [0, 0.05) is 0 Å². The maximum atomic E-state index is 6.08. The van der Waals surface area contributed by atoms with E-state index in [2.05, 4.69) is 115 Å². The summed E-state index contributed by atoms with van der Waals surface area (Å²) in [5, 5.41) is 0. The topological polar surface area (TPSA) is 15.7 Å². The van der Waals surface area contributed by atoms with E-state index in [4.69, 9.17) is 4.74 Å². The van der Waals surface area contributed by atoms with Crippen LogP contribution in [0.1, 0.15) is 30.5 Å². The Bertz CT molecular complexity index is 1010. The van der Waals surface area contributed by atoms with Crippen molar-refractivity contribution in [2.24, 2.45) is 0 Å². The monoisotopic (exact) mass is 501 g/mol. The zero-order chi connectivity index (χ0) is 21.8. The van der Waals surface area contributed by atoms with Gasteiger partial charge in [-0.25, -0.2) is 0 Å². The van der Waals surface area contributed by atoms with Gasteiger partial charge in [0.15, 0.2) is 0 Å². The Kier molecular flexibility index (Phi) is 6.87. The van der Waals surface area contributed by atoms with Gasteiger partial charge in [0.2, 0.25) is 0 Å². The predicted octanol–water partition coefficient (Wildman–Crippen LogP) is 5.63. The third-order valence-corrected chi connectivity index (χ3v) is 7.92. The van der Waals surface area contributed by atoms with E-state index >= 15 is 0 Å². The molecule has 0 amide bonds. The zero-order valence-electron chi connectivity index (χ0n) is 18.7. The SMILES string of the molecule is Cc1ccccc1N1CCN(c2ccccc2C)[CH]1[Ru]=[CH]c1ccccc1OC(C)C. The molecule has 0 aliphatic carbocycles. The third kappa shape index (κ3) is 4.91. The molecule has 0 N–H and O–H groups in total. The number of ether oxygens (including phenoxy) is 1. The van der Waals surface area contributed by atoms with Crippen LogP contribution in [0.3, 0.4) is 0 Å². The number of hydrogen-bond acceptors (Lipinski definition) is 3. The number of rotatable bonds is 6. The molecule has 31 heavy (non-hydrogen) atoms. The van der Waals surface area contributed by atoms with Crippen molar-refractivity contribution in [2.45, 2.75) is 38.6 Å². The molecule has 0 atom stereocenters. The summed E-state index contributed by atoms with van der Waals surface area (Å²) in [5.41, 5.74) is 6.57. The summed E-state index contributed by atoms with van der Waals surface area (Å²) < 4.78 is 8.85. The second-order valence-corrected chi connectivity index (χ2v) is 10.2. The molecule has 1 aliphatic heterocycles. The van der Waals surface area contributed by atoms with Crippen molar-refractivity contribution in [3.05, 3.63) is 89.5 Å². The van der Waals surface area contributed by atoms with Gasteiger partial charge in [0.25, 0.3) is 0 Å². The summed E-state index contributed by atoms with van der Waals surface area (Å²) in [6.45, 7) is 10.7. The van der Waals surface area contributed by atoms with Crippen molar-refractivity contribution in [3.63, 3.8) is 0 Å². The molecule has 1 saturated heterocycles. The fourth-order valence-electron chi connectivity index (χ4n) is 4.00. The van der Waals surface area contributed by atoms with E-state index in [1.54, 1.807) is 0 Å². The second-order valence-electron chi connectivity index (χ2n) is 8.18. The van der Waals surface area contributed by atoms with E-state index in [1.807, 2.05) is 0 Å². The Morgan fingerprint density at radius 2 is 1.32 bits per heavy atom. The van der Waals surface area contributed by atoms with Crippen LogP contribution in [0.5, 0.6) is 5.75 Å². The van der Waals surface area contributed by atoms with E-state index in [-0.39, 0.29) is 22.8 Å². The average Bonchev–Trinajstić information content (AvgIpc) is 3.17. The summed E-state index contributed by atoms with van der Waals surface area (Å²) in [7, 11) is 0. The fourth-order valence-corrected chi connectivity index (χ4v) is 6.54.